The Morgan fingerprint density at radius 2 is 1.73 bits per heavy atom. The summed E-state index contributed by atoms with van der Waals surface area (Å²) >= 11 is 5.99. The minimum atomic E-state index is -0.118. The second-order valence-electron chi connectivity index (χ2n) is 5.79. The van der Waals surface area contributed by atoms with Crippen molar-refractivity contribution in [2.75, 3.05) is 11.7 Å². The Kier molecular flexibility index (Phi) is 4.46. The molecule has 4 rings (SSSR count). The minimum Gasteiger partial charge on any atom is -0.454 e. The average molecular weight is 367 g/mol. The van der Waals surface area contributed by atoms with Crippen molar-refractivity contribution in [2.24, 2.45) is 0 Å². The van der Waals surface area contributed by atoms with Crippen LogP contribution in [-0.4, -0.2) is 17.7 Å². The van der Waals surface area contributed by atoms with Crippen molar-refractivity contribution in [3.8, 4) is 11.5 Å². The van der Waals surface area contributed by atoms with Gasteiger partial charge in [-0.2, -0.15) is 0 Å². The van der Waals surface area contributed by atoms with E-state index in [2.05, 4.69) is 4.98 Å². The molecule has 2 aromatic carbocycles. The molecule has 0 radical (unpaired) electrons. The zero-order valence-electron chi connectivity index (χ0n) is 13.8. The van der Waals surface area contributed by atoms with Crippen molar-refractivity contribution in [1.82, 2.24) is 4.98 Å². The maximum atomic E-state index is 13.1. The number of carbonyl (C=O) groups excluding carboxylic acids is 1. The number of hydrogen-bond acceptors (Lipinski definition) is 4. The predicted molar refractivity (Wildman–Crippen MR) is 98.8 cm³/mol. The van der Waals surface area contributed by atoms with E-state index in [-0.39, 0.29) is 12.7 Å². The summed E-state index contributed by atoms with van der Waals surface area (Å²) in [6, 6.07) is 16.3. The highest BCUT2D eigenvalue weighted by atomic mass is 35.5. The number of pyridine rings is 1. The molecule has 0 saturated heterocycles. The van der Waals surface area contributed by atoms with Gasteiger partial charge in [0.05, 0.1) is 6.54 Å². The Morgan fingerprint density at radius 3 is 2.50 bits per heavy atom. The predicted octanol–water partition coefficient (Wildman–Crippen LogP) is 4.31. The number of nitrogens with zero attached hydrogens (tertiary/aromatic N) is 2. The molecular weight excluding hydrogens is 352 g/mol. The van der Waals surface area contributed by atoms with Crippen LogP contribution in [0.25, 0.3) is 0 Å². The molecule has 1 aliphatic rings. The van der Waals surface area contributed by atoms with Crippen LogP contribution in [0.5, 0.6) is 11.5 Å². The van der Waals surface area contributed by atoms with E-state index in [9.17, 15) is 4.79 Å². The van der Waals surface area contributed by atoms with Crippen molar-refractivity contribution < 1.29 is 14.3 Å². The van der Waals surface area contributed by atoms with Gasteiger partial charge in [-0.05, 0) is 54.1 Å². The third-order valence-corrected chi connectivity index (χ3v) is 4.34. The van der Waals surface area contributed by atoms with Gasteiger partial charge in [-0.25, -0.2) is 0 Å². The van der Waals surface area contributed by atoms with E-state index in [0.717, 1.165) is 11.3 Å². The number of amides is 1. The van der Waals surface area contributed by atoms with Crippen LogP contribution in [0, 0.1) is 0 Å². The lowest BCUT2D eigenvalue weighted by atomic mass is 10.1. The fraction of sp³-hybridized carbons (Fsp3) is 0.100. The third kappa shape index (κ3) is 3.34. The van der Waals surface area contributed by atoms with Gasteiger partial charge in [0.15, 0.2) is 11.5 Å². The number of carbonyl (C=O) groups is 1. The van der Waals surface area contributed by atoms with Gasteiger partial charge < -0.3 is 14.4 Å². The second-order valence-corrected chi connectivity index (χ2v) is 6.23. The molecule has 0 unspecified atom stereocenters. The van der Waals surface area contributed by atoms with Gasteiger partial charge in [-0.1, -0.05) is 17.7 Å². The van der Waals surface area contributed by atoms with Crippen molar-refractivity contribution in [3.63, 3.8) is 0 Å². The second kappa shape index (κ2) is 7.06. The maximum Gasteiger partial charge on any atom is 0.258 e. The van der Waals surface area contributed by atoms with Crippen LogP contribution >= 0.6 is 11.6 Å². The van der Waals surface area contributed by atoms with Gasteiger partial charge in [0, 0.05) is 28.7 Å². The fourth-order valence-electron chi connectivity index (χ4n) is 2.77. The third-order valence-electron chi connectivity index (χ3n) is 4.09. The SMILES string of the molecule is O=C(c1ccncc1)N(Cc1ccc2c(c1)OCO2)c1ccc(Cl)cc1. The van der Waals surface area contributed by atoms with Gasteiger partial charge in [0.1, 0.15) is 0 Å². The normalized spacial score (nSPS) is 12.0. The van der Waals surface area contributed by atoms with E-state index >= 15 is 0 Å². The van der Waals surface area contributed by atoms with E-state index in [4.69, 9.17) is 21.1 Å². The van der Waals surface area contributed by atoms with Crippen LogP contribution in [0.4, 0.5) is 5.69 Å². The van der Waals surface area contributed by atoms with Gasteiger partial charge in [-0.15, -0.1) is 0 Å². The van der Waals surface area contributed by atoms with Gasteiger partial charge in [0.25, 0.3) is 5.91 Å². The molecule has 0 spiro atoms. The molecule has 0 N–H and O–H groups in total. The Morgan fingerprint density at radius 1 is 1.00 bits per heavy atom. The first-order valence-electron chi connectivity index (χ1n) is 8.07. The summed E-state index contributed by atoms with van der Waals surface area (Å²) < 4.78 is 10.8. The standard InChI is InChI=1S/C20H15ClN2O3/c21-16-2-4-17(5-3-16)23(20(24)15-7-9-22-10-8-15)12-14-1-6-18-19(11-14)26-13-25-18/h1-11H,12-13H2. The van der Waals surface area contributed by atoms with Crippen molar-refractivity contribution >= 4 is 23.2 Å². The van der Waals surface area contributed by atoms with Crippen LogP contribution in [-0.2, 0) is 6.54 Å². The molecular formula is C20H15ClN2O3. The number of fused-ring (bicyclic) bond motifs is 1. The summed E-state index contributed by atoms with van der Waals surface area (Å²) in [6.45, 7) is 0.606. The van der Waals surface area contributed by atoms with Crippen molar-refractivity contribution in [1.29, 1.82) is 0 Å². The molecule has 1 aliphatic heterocycles. The molecule has 130 valence electrons. The van der Waals surface area contributed by atoms with Crippen LogP contribution in [0.15, 0.2) is 67.0 Å². The fourth-order valence-corrected chi connectivity index (χ4v) is 2.90. The summed E-state index contributed by atoms with van der Waals surface area (Å²) in [5.41, 5.74) is 2.26. The first kappa shape index (κ1) is 16.4. The topological polar surface area (TPSA) is 51.7 Å². The molecule has 1 aromatic heterocycles. The quantitative estimate of drug-likeness (QED) is 0.690. The molecule has 0 bridgehead atoms. The number of benzene rings is 2. The van der Waals surface area contributed by atoms with Crippen molar-refractivity contribution in [3.05, 3.63) is 83.1 Å². The zero-order chi connectivity index (χ0) is 17.9. The van der Waals surface area contributed by atoms with E-state index in [1.54, 1.807) is 41.6 Å². The highest BCUT2D eigenvalue weighted by Crippen LogP contribution is 2.33. The number of rotatable bonds is 4. The Labute approximate surface area is 155 Å². The molecule has 0 saturated carbocycles. The first-order valence-corrected chi connectivity index (χ1v) is 8.44. The van der Waals surface area contributed by atoms with Crippen molar-refractivity contribution in [2.45, 2.75) is 6.54 Å². The number of ether oxygens (including phenoxy) is 2. The maximum absolute atomic E-state index is 13.1. The smallest absolute Gasteiger partial charge is 0.258 e. The summed E-state index contributed by atoms with van der Waals surface area (Å²) in [5, 5.41) is 0.619. The summed E-state index contributed by atoms with van der Waals surface area (Å²) in [4.78, 5) is 18.8. The number of halogens is 1. The largest absolute Gasteiger partial charge is 0.454 e. The molecule has 1 amide bonds. The summed E-state index contributed by atoms with van der Waals surface area (Å²) in [7, 11) is 0. The van der Waals surface area contributed by atoms with E-state index in [0.29, 0.717) is 28.6 Å². The molecule has 6 heteroatoms. The van der Waals surface area contributed by atoms with Crippen LogP contribution in [0.3, 0.4) is 0 Å². The highest BCUT2D eigenvalue weighted by molar-refractivity contribution is 6.30. The van der Waals surface area contributed by atoms with Gasteiger partial charge in [-0.3, -0.25) is 9.78 Å². The molecule has 0 fully saturated rings. The molecule has 3 aromatic rings. The summed E-state index contributed by atoms with van der Waals surface area (Å²) in [5.74, 6) is 1.29. The Balaban J connectivity index is 1.68. The average Bonchev–Trinajstić information content (AvgIpc) is 3.15. The first-order chi connectivity index (χ1) is 12.7. The highest BCUT2D eigenvalue weighted by Gasteiger charge is 2.20. The summed E-state index contributed by atoms with van der Waals surface area (Å²) in [6.07, 6.45) is 3.21. The van der Waals surface area contributed by atoms with E-state index in [1.807, 2.05) is 30.3 Å². The molecule has 0 aliphatic carbocycles. The lowest BCUT2D eigenvalue weighted by Crippen LogP contribution is -2.30. The van der Waals surface area contributed by atoms with Crippen LogP contribution in [0.2, 0.25) is 5.02 Å². The molecule has 5 nitrogen and oxygen atoms in total. The lowest BCUT2D eigenvalue weighted by Gasteiger charge is -2.23. The molecule has 26 heavy (non-hydrogen) atoms. The van der Waals surface area contributed by atoms with Crippen LogP contribution < -0.4 is 14.4 Å². The van der Waals surface area contributed by atoms with Crippen LogP contribution in [0.1, 0.15) is 15.9 Å². The van der Waals surface area contributed by atoms with Gasteiger partial charge >= 0.3 is 0 Å². The molecule has 0 atom stereocenters. The van der Waals surface area contributed by atoms with Gasteiger partial charge in [0.2, 0.25) is 6.79 Å². The molecule has 2 heterocycles. The number of anilines is 1. The lowest BCUT2D eigenvalue weighted by molar-refractivity contribution is 0.0985. The van der Waals surface area contributed by atoms with E-state index < -0.39 is 0 Å². The van der Waals surface area contributed by atoms with E-state index in [1.165, 1.54) is 0 Å². The number of hydrogen-bond donors (Lipinski definition) is 0. The zero-order valence-corrected chi connectivity index (χ0v) is 14.5. The number of aromatic nitrogens is 1. The Hall–Kier alpha value is -3.05. The monoisotopic (exact) mass is 366 g/mol. The minimum absolute atomic E-state index is 0.118. The Bertz CT molecular complexity index is 930.